The van der Waals surface area contributed by atoms with Crippen LogP contribution in [0.3, 0.4) is 0 Å². The SMILES string of the molecule is CCn1ccc(CN(C)C(=O)c2nn(C)cc2[N+](=O)[O-])n1. The Morgan fingerprint density at radius 1 is 1.48 bits per heavy atom. The standard InChI is InChI=1S/C12H16N6O3/c1-4-17-6-5-9(13-17)7-15(2)12(19)11-10(18(20)21)8-16(3)14-11/h5-6,8H,4,7H2,1-3H3. The molecule has 1 amide bonds. The van der Waals surface area contributed by atoms with Gasteiger partial charge in [0.15, 0.2) is 0 Å². The molecule has 2 rings (SSSR count). The lowest BCUT2D eigenvalue weighted by atomic mass is 10.3. The molecule has 2 heterocycles. The summed E-state index contributed by atoms with van der Waals surface area (Å²) in [7, 11) is 3.10. The highest BCUT2D eigenvalue weighted by Crippen LogP contribution is 2.18. The molecule has 21 heavy (non-hydrogen) atoms. The number of hydrogen-bond donors (Lipinski definition) is 0. The fraction of sp³-hybridized carbons (Fsp3) is 0.417. The number of aromatic nitrogens is 4. The Morgan fingerprint density at radius 2 is 2.19 bits per heavy atom. The first-order chi connectivity index (χ1) is 9.92. The Labute approximate surface area is 120 Å². The molecule has 0 spiro atoms. The van der Waals surface area contributed by atoms with Crippen molar-refractivity contribution in [2.45, 2.75) is 20.0 Å². The predicted octanol–water partition coefficient (Wildman–Crippen LogP) is 0.817. The lowest BCUT2D eigenvalue weighted by Crippen LogP contribution is -2.27. The van der Waals surface area contributed by atoms with Crippen LogP contribution in [0.4, 0.5) is 5.69 Å². The van der Waals surface area contributed by atoms with E-state index in [0.29, 0.717) is 5.69 Å². The molecule has 0 bridgehead atoms. The maximum Gasteiger partial charge on any atom is 0.320 e. The first-order valence-corrected chi connectivity index (χ1v) is 6.38. The van der Waals surface area contributed by atoms with Gasteiger partial charge in [0.2, 0.25) is 5.69 Å². The Morgan fingerprint density at radius 3 is 2.76 bits per heavy atom. The minimum absolute atomic E-state index is 0.167. The second kappa shape index (κ2) is 5.73. The molecule has 0 saturated carbocycles. The van der Waals surface area contributed by atoms with Gasteiger partial charge in [0, 0.05) is 26.8 Å². The van der Waals surface area contributed by atoms with Crippen LogP contribution in [0.1, 0.15) is 23.1 Å². The summed E-state index contributed by atoms with van der Waals surface area (Å²) >= 11 is 0. The molecule has 0 unspecified atom stereocenters. The number of hydrogen-bond acceptors (Lipinski definition) is 5. The van der Waals surface area contributed by atoms with Crippen molar-refractivity contribution in [3.63, 3.8) is 0 Å². The van der Waals surface area contributed by atoms with E-state index in [9.17, 15) is 14.9 Å². The first-order valence-electron chi connectivity index (χ1n) is 6.38. The summed E-state index contributed by atoms with van der Waals surface area (Å²) in [5, 5.41) is 19.1. The minimum atomic E-state index is -0.611. The number of nitro groups is 1. The average Bonchev–Trinajstić information content (AvgIpc) is 3.04. The van der Waals surface area contributed by atoms with Crippen molar-refractivity contribution >= 4 is 11.6 Å². The van der Waals surface area contributed by atoms with Crippen molar-refractivity contribution < 1.29 is 9.72 Å². The lowest BCUT2D eigenvalue weighted by molar-refractivity contribution is -0.385. The number of nitrogens with zero attached hydrogens (tertiary/aromatic N) is 6. The molecule has 0 aromatic carbocycles. The number of aryl methyl sites for hydroxylation is 2. The van der Waals surface area contributed by atoms with Crippen molar-refractivity contribution in [1.82, 2.24) is 24.5 Å². The third-order valence-corrected chi connectivity index (χ3v) is 2.97. The molecule has 0 aliphatic carbocycles. The maximum atomic E-state index is 12.3. The summed E-state index contributed by atoms with van der Waals surface area (Å²) in [6.07, 6.45) is 3.03. The summed E-state index contributed by atoms with van der Waals surface area (Å²) in [6, 6.07) is 1.81. The molecule has 0 aliphatic heterocycles. The van der Waals surface area contributed by atoms with Crippen LogP contribution in [0, 0.1) is 10.1 Å². The largest absolute Gasteiger partial charge is 0.334 e. The van der Waals surface area contributed by atoms with Gasteiger partial charge in [-0.05, 0) is 13.0 Å². The molecular formula is C12H16N6O3. The number of carbonyl (C=O) groups is 1. The predicted molar refractivity (Wildman–Crippen MR) is 73.6 cm³/mol. The minimum Gasteiger partial charge on any atom is -0.334 e. The van der Waals surface area contributed by atoms with Gasteiger partial charge in [0.05, 0.1) is 17.2 Å². The quantitative estimate of drug-likeness (QED) is 0.600. The molecule has 112 valence electrons. The topological polar surface area (TPSA) is 99.1 Å². The van der Waals surface area contributed by atoms with Gasteiger partial charge in [-0.1, -0.05) is 0 Å². The van der Waals surface area contributed by atoms with Crippen LogP contribution in [-0.2, 0) is 20.1 Å². The highest BCUT2D eigenvalue weighted by molar-refractivity contribution is 5.95. The van der Waals surface area contributed by atoms with Crippen LogP contribution in [0.5, 0.6) is 0 Å². The van der Waals surface area contributed by atoms with E-state index in [4.69, 9.17) is 0 Å². The number of rotatable bonds is 5. The Bertz CT molecular complexity index is 674. The molecule has 2 aromatic heterocycles. The molecule has 9 heteroatoms. The smallest absolute Gasteiger partial charge is 0.320 e. The molecule has 0 saturated heterocycles. The first kappa shape index (κ1) is 14.7. The van der Waals surface area contributed by atoms with Gasteiger partial charge in [-0.25, -0.2) is 0 Å². The van der Waals surface area contributed by atoms with Gasteiger partial charge < -0.3 is 4.90 Å². The Balaban J connectivity index is 2.17. The molecular weight excluding hydrogens is 276 g/mol. The van der Waals surface area contributed by atoms with Gasteiger partial charge in [0.25, 0.3) is 5.91 Å². The molecule has 0 radical (unpaired) electrons. The normalized spacial score (nSPS) is 10.6. The third kappa shape index (κ3) is 3.07. The summed E-state index contributed by atoms with van der Waals surface area (Å²) in [5.41, 5.74) is 0.250. The third-order valence-electron chi connectivity index (χ3n) is 2.97. The van der Waals surface area contributed by atoms with Crippen LogP contribution in [0.25, 0.3) is 0 Å². The fourth-order valence-corrected chi connectivity index (χ4v) is 1.92. The average molecular weight is 292 g/mol. The van der Waals surface area contributed by atoms with Gasteiger partial charge >= 0.3 is 5.69 Å². The van der Waals surface area contributed by atoms with Crippen molar-refractivity contribution in [1.29, 1.82) is 0 Å². The zero-order valence-corrected chi connectivity index (χ0v) is 12.1. The summed E-state index contributed by atoms with van der Waals surface area (Å²) < 4.78 is 3.00. The van der Waals surface area contributed by atoms with Crippen molar-refractivity contribution in [2.75, 3.05) is 7.05 Å². The summed E-state index contributed by atoms with van der Waals surface area (Å²) in [5.74, 6) is -0.506. The molecule has 9 nitrogen and oxygen atoms in total. The van der Waals surface area contributed by atoms with E-state index in [-0.39, 0.29) is 17.9 Å². The van der Waals surface area contributed by atoms with Crippen molar-refractivity contribution in [3.8, 4) is 0 Å². The zero-order valence-electron chi connectivity index (χ0n) is 12.1. The maximum absolute atomic E-state index is 12.3. The van der Waals surface area contributed by atoms with Crippen molar-refractivity contribution in [3.05, 3.63) is 40.0 Å². The number of carbonyl (C=O) groups excluding carboxylic acids is 1. The molecule has 0 fully saturated rings. The monoisotopic (exact) mass is 292 g/mol. The van der Waals surface area contributed by atoms with E-state index >= 15 is 0 Å². The lowest BCUT2D eigenvalue weighted by Gasteiger charge is -2.13. The van der Waals surface area contributed by atoms with Crippen LogP contribution < -0.4 is 0 Å². The number of amides is 1. The van der Waals surface area contributed by atoms with E-state index in [2.05, 4.69) is 10.2 Å². The van der Waals surface area contributed by atoms with E-state index in [0.717, 1.165) is 6.54 Å². The van der Waals surface area contributed by atoms with Crippen LogP contribution in [0.15, 0.2) is 18.5 Å². The van der Waals surface area contributed by atoms with Gasteiger partial charge in [-0.15, -0.1) is 0 Å². The Kier molecular flexibility index (Phi) is 4.01. The van der Waals surface area contributed by atoms with E-state index in [1.807, 2.05) is 13.1 Å². The van der Waals surface area contributed by atoms with E-state index in [1.54, 1.807) is 17.8 Å². The van der Waals surface area contributed by atoms with E-state index < -0.39 is 10.8 Å². The van der Waals surface area contributed by atoms with Crippen LogP contribution >= 0.6 is 0 Å². The van der Waals surface area contributed by atoms with E-state index in [1.165, 1.54) is 22.8 Å². The van der Waals surface area contributed by atoms with Gasteiger partial charge in [0.1, 0.15) is 6.20 Å². The second-order valence-electron chi connectivity index (χ2n) is 4.62. The highest BCUT2D eigenvalue weighted by Gasteiger charge is 2.27. The Hall–Kier alpha value is -2.71. The molecule has 2 aromatic rings. The highest BCUT2D eigenvalue weighted by atomic mass is 16.6. The summed E-state index contributed by atoms with van der Waals surface area (Å²) in [6.45, 7) is 2.96. The molecule has 0 atom stereocenters. The zero-order chi connectivity index (χ0) is 15.6. The van der Waals surface area contributed by atoms with Crippen LogP contribution in [0.2, 0.25) is 0 Å². The van der Waals surface area contributed by atoms with Crippen molar-refractivity contribution in [2.24, 2.45) is 7.05 Å². The molecule has 0 aliphatic rings. The van der Waals surface area contributed by atoms with Gasteiger partial charge in [-0.3, -0.25) is 24.3 Å². The molecule has 0 N–H and O–H groups in total. The van der Waals surface area contributed by atoms with Gasteiger partial charge in [-0.2, -0.15) is 10.2 Å². The fourth-order valence-electron chi connectivity index (χ4n) is 1.92. The van der Waals surface area contributed by atoms with Crippen LogP contribution in [-0.4, -0.2) is 42.3 Å². The summed E-state index contributed by atoms with van der Waals surface area (Å²) in [4.78, 5) is 24.0. The second-order valence-corrected chi connectivity index (χ2v) is 4.62.